The molecule has 0 radical (unpaired) electrons. The maximum Gasteiger partial charge on any atom is 0.313 e. The first-order valence-electron chi connectivity index (χ1n) is 6.14. The Morgan fingerprint density at radius 1 is 1.45 bits per heavy atom. The third-order valence-electron chi connectivity index (χ3n) is 3.16. The minimum Gasteiger partial charge on any atom is -0.481 e. The molecule has 0 aliphatic carbocycles. The van der Waals surface area contributed by atoms with Crippen LogP contribution in [0.4, 0.5) is 5.95 Å². The van der Waals surface area contributed by atoms with Crippen molar-refractivity contribution < 1.29 is 9.90 Å². The molecule has 0 atom stereocenters. The van der Waals surface area contributed by atoms with Gasteiger partial charge < -0.3 is 14.6 Å². The van der Waals surface area contributed by atoms with Crippen molar-refractivity contribution in [3.63, 3.8) is 0 Å². The predicted molar refractivity (Wildman–Crippen MR) is 72.6 cm³/mol. The summed E-state index contributed by atoms with van der Waals surface area (Å²) in [4.78, 5) is 17.0. The zero-order valence-corrected chi connectivity index (χ0v) is 11.7. The lowest BCUT2D eigenvalue weighted by molar-refractivity contribution is -0.133. The highest BCUT2D eigenvalue weighted by Gasteiger charge is 2.22. The summed E-state index contributed by atoms with van der Waals surface area (Å²) in [6, 6.07) is 0. The smallest absolute Gasteiger partial charge is 0.313 e. The Morgan fingerprint density at radius 3 is 3.10 bits per heavy atom. The maximum atomic E-state index is 10.6. The number of rotatable bonds is 4. The topological polar surface area (TPSA) is 89.1 Å². The summed E-state index contributed by atoms with van der Waals surface area (Å²) in [5.41, 5.74) is 0. The Hall–Kier alpha value is -2.03. The zero-order chi connectivity index (χ0) is 14.1. The molecule has 0 saturated carbocycles. The first-order valence-corrected chi connectivity index (χ1v) is 7.12. The van der Waals surface area contributed by atoms with Crippen molar-refractivity contribution in [2.24, 2.45) is 7.05 Å². The third-order valence-corrected chi connectivity index (χ3v) is 4.17. The van der Waals surface area contributed by atoms with Crippen LogP contribution in [0.25, 0.3) is 0 Å². The molecular weight excluding hydrogens is 280 g/mol. The van der Waals surface area contributed by atoms with Crippen LogP contribution >= 0.6 is 11.8 Å². The fourth-order valence-electron chi connectivity index (χ4n) is 2.18. The van der Waals surface area contributed by atoms with E-state index in [-0.39, 0.29) is 5.75 Å². The van der Waals surface area contributed by atoms with E-state index in [2.05, 4.69) is 24.6 Å². The second kappa shape index (κ2) is 5.16. The monoisotopic (exact) mass is 294 g/mol. The second-order valence-electron chi connectivity index (χ2n) is 4.48. The molecule has 0 saturated heterocycles. The van der Waals surface area contributed by atoms with Gasteiger partial charge in [-0.1, -0.05) is 11.8 Å². The van der Waals surface area contributed by atoms with Gasteiger partial charge in [0.15, 0.2) is 5.16 Å². The number of imidazole rings is 1. The van der Waals surface area contributed by atoms with Crippen LogP contribution in [0.2, 0.25) is 0 Å². The van der Waals surface area contributed by atoms with Crippen LogP contribution in [-0.4, -0.2) is 47.7 Å². The summed E-state index contributed by atoms with van der Waals surface area (Å²) >= 11 is 1.17. The van der Waals surface area contributed by atoms with Gasteiger partial charge in [0.25, 0.3) is 0 Å². The molecule has 0 spiro atoms. The van der Waals surface area contributed by atoms with Crippen LogP contribution in [0.1, 0.15) is 5.82 Å². The van der Waals surface area contributed by atoms with E-state index in [0.29, 0.717) is 11.7 Å². The minimum absolute atomic E-state index is 0.0175. The molecule has 1 N–H and O–H groups in total. The summed E-state index contributed by atoms with van der Waals surface area (Å²) in [5.74, 6) is 0.863. The summed E-state index contributed by atoms with van der Waals surface area (Å²) < 4.78 is 3.94. The minimum atomic E-state index is -0.862. The first kappa shape index (κ1) is 13.0. The average Bonchev–Trinajstić information content (AvgIpc) is 3.02. The lowest BCUT2D eigenvalue weighted by Crippen LogP contribution is -2.35. The van der Waals surface area contributed by atoms with Crippen molar-refractivity contribution in [1.29, 1.82) is 0 Å². The van der Waals surface area contributed by atoms with Crippen LogP contribution < -0.4 is 4.90 Å². The number of carbonyl (C=O) groups is 1. The van der Waals surface area contributed by atoms with E-state index in [1.807, 2.05) is 17.8 Å². The molecule has 3 heterocycles. The predicted octanol–water partition coefficient (Wildman–Crippen LogP) is 0.208. The van der Waals surface area contributed by atoms with E-state index in [1.165, 1.54) is 11.8 Å². The molecule has 3 rings (SSSR count). The Morgan fingerprint density at radius 2 is 2.30 bits per heavy atom. The highest BCUT2D eigenvalue weighted by Crippen LogP contribution is 2.22. The van der Waals surface area contributed by atoms with Crippen molar-refractivity contribution in [2.45, 2.75) is 18.2 Å². The number of hydrogen-bond donors (Lipinski definition) is 1. The molecule has 0 amide bonds. The molecular formula is C11H14N6O2S. The average molecular weight is 294 g/mol. The summed E-state index contributed by atoms with van der Waals surface area (Å²) in [7, 11) is 1.85. The lowest BCUT2D eigenvalue weighted by Gasteiger charge is -2.27. The van der Waals surface area contributed by atoms with Crippen molar-refractivity contribution >= 4 is 23.7 Å². The number of fused-ring (bicyclic) bond motifs is 1. The summed E-state index contributed by atoms with van der Waals surface area (Å²) in [6.45, 7) is 2.38. The molecule has 106 valence electrons. The lowest BCUT2D eigenvalue weighted by atomic mass is 10.4. The summed E-state index contributed by atoms with van der Waals surface area (Å²) in [6.07, 6.45) is 3.77. The fourth-order valence-corrected chi connectivity index (χ4v) is 2.81. The van der Waals surface area contributed by atoms with Crippen LogP contribution in [0.5, 0.6) is 0 Å². The number of nitrogens with zero attached hydrogens (tertiary/aromatic N) is 6. The number of carboxylic acids is 1. The number of carboxylic acid groups (broad SMARTS) is 1. The number of anilines is 1. The van der Waals surface area contributed by atoms with Gasteiger partial charge in [0.05, 0.1) is 12.3 Å². The van der Waals surface area contributed by atoms with Crippen LogP contribution in [0.3, 0.4) is 0 Å². The van der Waals surface area contributed by atoms with Gasteiger partial charge in [0.2, 0.25) is 5.95 Å². The fraction of sp³-hybridized carbons (Fsp3) is 0.455. The van der Waals surface area contributed by atoms with Crippen LogP contribution in [0.15, 0.2) is 17.6 Å². The number of aromatic nitrogens is 5. The molecule has 0 fully saturated rings. The molecule has 2 aromatic heterocycles. The van der Waals surface area contributed by atoms with Gasteiger partial charge in [-0.2, -0.15) is 0 Å². The van der Waals surface area contributed by atoms with Crippen LogP contribution in [-0.2, 0) is 24.9 Å². The molecule has 0 aromatic carbocycles. The summed E-state index contributed by atoms with van der Waals surface area (Å²) in [5, 5.41) is 17.5. The molecule has 8 nitrogen and oxygen atoms in total. The molecule has 0 bridgehead atoms. The van der Waals surface area contributed by atoms with Gasteiger partial charge in [-0.15, -0.1) is 10.2 Å². The molecule has 1 aliphatic rings. The number of hydrogen-bond acceptors (Lipinski definition) is 6. The van der Waals surface area contributed by atoms with Gasteiger partial charge in [-0.05, 0) is 0 Å². The molecule has 0 unspecified atom stereocenters. The van der Waals surface area contributed by atoms with Crippen molar-refractivity contribution in [2.75, 3.05) is 17.2 Å². The Balaban J connectivity index is 1.77. The number of aliphatic carboxylic acids is 1. The molecule has 9 heteroatoms. The second-order valence-corrected chi connectivity index (χ2v) is 5.42. The Kier molecular flexibility index (Phi) is 3.35. The van der Waals surface area contributed by atoms with E-state index in [9.17, 15) is 4.79 Å². The quantitative estimate of drug-likeness (QED) is 0.806. The van der Waals surface area contributed by atoms with Crippen molar-refractivity contribution in [3.05, 3.63) is 18.2 Å². The van der Waals surface area contributed by atoms with Gasteiger partial charge >= 0.3 is 5.97 Å². The third kappa shape index (κ3) is 2.36. The van der Waals surface area contributed by atoms with Gasteiger partial charge in [0.1, 0.15) is 5.82 Å². The first-order chi connectivity index (χ1) is 9.65. The van der Waals surface area contributed by atoms with Gasteiger partial charge in [-0.25, -0.2) is 4.98 Å². The van der Waals surface area contributed by atoms with Gasteiger partial charge in [0, 0.05) is 32.5 Å². The van der Waals surface area contributed by atoms with Crippen molar-refractivity contribution in [3.8, 4) is 0 Å². The SMILES string of the molecule is Cn1c(SCC(=O)O)nnc1N1CCn2ccnc2C1. The largest absolute Gasteiger partial charge is 0.481 e. The van der Waals surface area contributed by atoms with E-state index in [4.69, 9.17) is 5.11 Å². The van der Waals surface area contributed by atoms with E-state index >= 15 is 0 Å². The van der Waals surface area contributed by atoms with E-state index < -0.39 is 5.97 Å². The van der Waals surface area contributed by atoms with E-state index in [0.717, 1.165) is 24.9 Å². The van der Waals surface area contributed by atoms with E-state index in [1.54, 1.807) is 6.20 Å². The standard InChI is InChI=1S/C11H14N6O2S/c1-15-10(13-14-11(15)20-7-9(18)19)17-5-4-16-3-2-12-8(16)6-17/h2-3H,4-7H2,1H3,(H,18,19). The normalized spacial score (nSPS) is 14.3. The van der Waals surface area contributed by atoms with Gasteiger partial charge in [-0.3, -0.25) is 9.36 Å². The zero-order valence-electron chi connectivity index (χ0n) is 10.9. The molecule has 20 heavy (non-hydrogen) atoms. The highest BCUT2D eigenvalue weighted by atomic mass is 32.2. The van der Waals surface area contributed by atoms with Crippen LogP contribution in [0, 0.1) is 0 Å². The Labute approximate surface area is 119 Å². The maximum absolute atomic E-state index is 10.6. The molecule has 1 aliphatic heterocycles. The number of thioether (sulfide) groups is 1. The molecule has 2 aromatic rings. The highest BCUT2D eigenvalue weighted by molar-refractivity contribution is 7.99. The van der Waals surface area contributed by atoms with Crippen molar-refractivity contribution in [1.82, 2.24) is 24.3 Å². The Bertz CT molecular complexity index is 637.